The van der Waals surface area contributed by atoms with Gasteiger partial charge in [0.05, 0.1) is 0 Å². The van der Waals surface area contributed by atoms with Crippen LogP contribution in [0.2, 0.25) is 0 Å². The van der Waals surface area contributed by atoms with Gasteiger partial charge in [0, 0.05) is 25.4 Å². The van der Waals surface area contributed by atoms with Gasteiger partial charge in [0.25, 0.3) is 0 Å². The third-order valence-corrected chi connectivity index (χ3v) is 3.75. The van der Waals surface area contributed by atoms with Crippen LogP contribution in [0.25, 0.3) is 0 Å². The summed E-state index contributed by atoms with van der Waals surface area (Å²) in [4.78, 5) is 29.6. The summed E-state index contributed by atoms with van der Waals surface area (Å²) in [6.07, 6.45) is 4.00. The Balaban J connectivity index is 2.28. The van der Waals surface area contributed by atoms with E-state index < -0.39 is 23.2 Å². The molecule has 1 atom stereocenters. The maximum Gasteiger partial charge on any atom is 0.411 e. The topological polar surface area (TPSA) is 79.7 Å². The molecular weight excluding hydrogens is 284 g/mol. The van der Waals surface area contributed by atoms with Crippen molar-refractivity contribution in [1.82, 2.24) is 9.88 Å². The van der Waals surface area contributed by atoms with E-state index in [4.69, 9.17) is 4.74 Å². The lowest BCUT2D eigenvalue weighted by atomic mass is 9.88. The molecule has 1 fully saturated rings. The molecule has 1 aliphatic rings. The average molecular weight is 306 g/mol. The Morgan fingerprint density at radius 1 is 1.36 bits per heavy atom. The van der Waals surface area contributed by atoms with Crippen LogP contribution in [0.3, 0.4) is 0 Å². The first-order valence-corrected chi connectivity index (χ1v) is 7.37. The van der Waals surface area contributed by atoms with Gasteiger partial charge >= 0.3 is 12.1 Å². The van der Waals surface area contributed by atoms with E-state index in [-0.39, 0.29) is 6.42 Å². The Bertz CT molecular complexity index is 553. The molecule has 6 nitrogen and oxygen atoms in total. The van der Waals surface area contributed by atoms with Crippen molar-refractivity contribution in [3.63, 3.8) is 0 Å². The maximum absolute atomic E-state index is 12.4. The van der Waals surface area contributed by atoms with Gasteiger partial charge in [-0.2, -0.15) is 0 Å². The normalized spacial score (nSPS) is 21.7. The SMILES string of the molecule is CC(C)(C)OC(=O)N1CCC[C@@]1(Cc1ccncc1)C(=O)O. The predicted octanol–water partition coefficient (Wildman–Crippen LogP) is 2.48. The number of carboxylic acid groups (broad SMARTS) is 1. The number of hydrogen-bond donors (Lipinski definition) is 1. The number of nitrogens with zero attached hydrogens (tertiary/aromatic N) is 2. The number of ether oxygens (including phenoxy) is 1. The van der Waals surface area contributed by atoms with Crippen LogP contribution in [0.1, 0.15) is 39.2 Å². The summed E-state index contributed by atoms with van der Waals surface area (Å²) in [5, 5.41) is 9.78. The Morgan fingerprint density at radius 2 is 2.00 bits per heavy atom. The number of pyridine rings is 1. The van der Waals surface area contributed by atoms with E-state index in [9.17, 15) is 14.7 Å². The van der Waals surface area contributed by atoms with Crippen LogP contribution in [0.4, 0.5) is 4.79 Å². The van der Waals surface area contributed by atoms with Gasteiger partial charge in [0.1, 0.15) is 11.1 Å². The smallest absolute Gasteiger partial charge is 0.411 e. The van der Waals surface area contributed by atoms with Crippen LogP contribution >= 0.6 is 0 Å². The van der Waals surface area contributed by atoms with Crippen LogP contribution in [0.15, 0.2) is 24.5 Å². The van der Waals surface area contributed by atoms with Crippen LogP contribution < -0.4 is 0 Å². The highest BCUT2D eigenvalue weighted by atomic mass is 16.6. The molecule has 1 amide bonds. The molecule has 1 aliphatic heterocycles. The van der Waals surface area contributed by atoms with Crippen molar-refractivity contribution in [2.45, 2.75) is 51.2 Å². The summed E-state index contributed by atoms with van der Waals surface area (Å²) < 4.78 is 5.38. The van der Waals surface area contributed by atoms with Crippen molar-refractivity contribution < 1.29 is 19.4 Å². The molecule has 0 saturated carbocycles. The Morgan fingerprint density at radius 3 is 2.55 bits per heavy atom. The van der Waals surface area contributed by atoms with E-state index >= 15 is 0 Å². The summed E-state index contributed by atoms with van der Waals surface area (Å²) in [5.41, 5.74) is -1.06. The summed E-state index contributed by atoms with van der Waals surface area (Å²) in [7, 11) is 0. The van der Waals surface area contributed by atoms with Crippen molar-refractivity contribution in [2.24, 2.45) is 0 Å². The van der Waals surface area contributed by atoms with Gasteiger partial charge in [-0.3, -0.25) is 9.88 Å². The lowest BCUT2D eigenvalue weighted by Gasteiger charge is -2.36. The molecule has 2 heterocycles. The number of hydrogen-bond acceptors (Lipinski definition) is 4. The lowest BCUT2D eigenvalue weighted by molar-refractivity contribution is -0.149. The van der Waals surface area contributed by atoms with Crippen LogP contribution in [0.5, 0.6) is 0 Å². The zero-order valence-corrected chi connectivity index (χ0v) is 13.2. The second-order valence-electron chi connectivity index (χ2n) is 6.60. The largest absolute Gasteiger partial charge is 0.479 e. The monoisotopic (exact) mass is 306 g/mol. The molecule has 22 heavy (non-hydrogen) atoms. The van der Waals surface area contributed by atoms with Crippen molar-refractivity contribution in [3.05, 3.63) is 30.1 Å². The zero-order valence-electron chi connectivity index (χ0n) is 13.2. The first-order valence-electron chi connectivity index (χ1n) is 7.37. The third kappa shape index (κ3) is 3.37. The van der Waals surface area contributed by atoms with Crippen LogP contribution in [0, 0.1) is 0 Å². The molecule has 0 bridgehead atoms. The number of likely N-dealkylation sites (tertiary alicyclic amines) is 1. The number of carbonyl (C=O) groups excluding carboxylic acids is 1. The van der Waals surface area contributed by atoms with Crippen molar-refractivity contribution in [3.8, 4) is 0 Å². The molecule has 0 spiro atoms. The maximum atomic E-state index is 12.4. The molecule has 1 aromatic rings. The average Bonchev–Trinajstić information content (AvgIpc) is 2.83. The van der Waals surface area contributed by atoms with E-state index in [2.05, 4.69) is 4.98 Å². The van der Waals surface area contributed by atoms with Gasteiger partial charge in [0.15, 0.2) is 0 Å². The lowest BCUT2D eigenvalue weighted by Crippen LogP contribution is -2.55. The van der Waals surface area contributed by atoms with E-state index in [1.165, 1.54) is 4.90 Å². The van der Waals surface area contributed by atoms with Gasteiger partial charge in [0.2, 0.25) is 0 Å². The molecular formula is C16H22N2O4. The highest BCUT2D eigenvalue weighted by molar-refractivity contribution is 5.85. The van der Waals surface area contributed by atoms with Crippen LogP contribution in [-0.2, 0) is 16.0 Å². The molecule has 120 valence electrons. The number of carbonyl (C=O) groups is 2. The fraction of sp³-hybridized carbons (Fsp3) is 0.562. The molecule has 1 saturated heterocycles. The van der Waals surface area contributed by atoms with Gasteiger partial charge in [-0.1, -0.05) is 0 Å². The van der Waals surface area contributed by atoms with Gasteiger partial charge < -0.3 is 9.84 Å². The molecule has 0 aromatic carbocycles. The Hall–Kier alpha value is -2.11. The van der Waals surface area contributed by atoms with E-state index in [0.29, 0.717) is 19.4 Å². The minimum absolute atomic E-state index is 0.254. The first kappa shape index (κ1) is 16.3. The quantitative estimate of drug-likeness (QED) is 0.928. The van der Waals surface area contributed by atoms with Crippen molar-refractivity contribution >= 4 is 12.1 Å². The highest BCUT2D eigenvalue weighted by Gasteiger charge is 2.51. The number of rotatable bonds is 3. The van der Waals surface area contributed by atoms with Gasteiger partial charge in [-0.05, 0) is 51.3 Å². The molecule has 0 aliphatic carbocycles. The van der Waals surface area contributed by atoms with Gasteiger partial charge in [-0.15, -0.1) is 0 Å². The number of aromatic nitrogens is 1. The van der Waals surface area contributed by atoms with E-state index in [0.717, 1.165) is 5.56 Å². The zero-order chi connectivity index (χ0) is 16.4. The molecule has 2 rings (SSSR count). The number of amides is 1. The summed E-state index contributed by atoms with van der Waals surface area (Å²) >= 11 is 0. The predicted molar refractivity (Wildman–Crippen MR) is 80.5 cm³/mol. The Labute approximate surface area is 130 Å². The number of aliphatic carboxylic acids is 1. The van der Waals surface area contributed by atoms with Gasteiger partial charge in [-0.25, -0.2) is 9.59 Å². The first-order chi connectivity index (χ1) is 10.2. The molecule has 1 N–H and O–H groups in total. The number of carboxylic acids is 1. The molecule has 0 unspecified atom stereocenters. The second kappa shape index (κ2) is 5.94. The fourth-order valence-corrected chi connectivity index (χ4v) is 2.78. The Kier molecular flexibility index (Phi) is 4.39. The fourth-order valence-electron chi connectivity index (χ4n) is 2.78. The minimum Gasteiger partial charge on any atom is -0.479 e. The standard InChI is InChI=1S/C16H22N2O4/c1-15(2,3)22-14(21)18-10-4-7-16(18,13(19)20)11-12-5-8-17-9-6-12/h5-6,8-9H,4,7,10-11H2,1-3H3,(H,19,20)/t16-/m1/s1. The summed E-state index contributed by atoms with van der Waals surface area (Å²) in [6, 6.07) is 3.55. The summed E-state index contributed by atoms with van der Waals surface area (Å²) in [5.74, 6) is -0.993. The third-order valence-electron chi connectivity index (χ3n) is 3.75. The van der Waals surface area contributed by atoms with E-state index in [1.54, 1.807) is 45.3 Å². The molecule has 0 radical (unpaired) electrons. The molecule has 6 heteroatoms. The molecule has 1 aromatic heterocycles. The van der Waals surface area contributed by atoms with Crippen molar-refractivity contribution in [1.29, 1.82) is 0 Å². The summed E-state index contributed by atoms with van der Waals surface area (Å²) in [6.45, 7) is 5.71. The highest BCUT2D eigenvalue weighted by Crippen LogP contribution is 2.34. The van der Waals surface area contributed by atoms with E-state index in [1.807, 2.05) is 0 Å². The minimum atomic E-state index is -1.25. The van der Waals surface area contributed by atoms with Crippen LogP contribution in [-0.4, -0.2) is 44.7 Å². The van der Waals surface area contributed by atoms with Crippen molar-refractivity contribution in [2.75, 3.05) is 6.54 Å². The second-order valence-corrected chi connectivity index (χ2v) is 6.60.